The van der Waals surface area contributed by atoms with E-state index < -0.39 is 0 Å². The van der Waals surface area contributed by atoms with Crippen LogP contribution in [0.5, 0.6) is 0 Å². The molecule has 0 aliphatic carbocycles. The molecule has 6 aromatic heterocycles. The molecule has 0 unspecified atom stereocenters. The van der Waals surface area contributed by atoms with Gasteiger partial charge in [0.25, 0.3) is 0 Å². The van der Waals surface area contributed by atoms with Crippen molar-refractivity contribution in [2.45, 2.75) is 27.7 Å². The van der Waals surface area contributed by atoms with Crippen LogP contribution in [-0.2, 0) is 28.2 Å². The summed E-state index contributed by atoms with van der Waals surface area (Å²) in [6.45, 7) is 8.05. The van der Waals surface area contributed by atoms with E-state index in [-0.39, 0.29) is 0 Å². The van der Waals surface area contributed by atoms with E-state index in [1.165, 1.54) is 16.9 Å². The van der Waals surface area contributed by atoms with Gasteiger partial charge in [-0.25, -0.2) is 14.5 Å². The zero-order valence-corrected chi connectivity index (χ0v) is 21.2. The topological polar surface area (TPSA) is 78.9 Å². The minimum Gasteiger partial charge on any atom is -0.394 e. The van der Waals surface area contributed by atoms with Crippen molar-refractivity contribution in [2.24, 2.45) is 28.2 Å². The Hall–Kier alpha value is -4.08. The van der Waals surface area contributed by atoms with Gasteiger partial charge in [-0.2, -0.15) is 17.2 Å². The molecule has 180 valence electrons. The predicted octanol–water partition coefficient (Wildman–Crippen LogP) is 0.877. The predicted molar refractivity (Wildman–Crippen MR) is 127 cm³/mol. The Balaban J connectivity index is 0.000000128. The summed E-state index contributed by atoms with van der Waals surface area (Å²) in [6, 6.07) is 8.12. The number of aromatic nitrogens is 10. The zero-order chi connectivity index (χ0) is 24.8. The average molecular weight is 463 g/mol. The van der Waals surface area contributed by atoms with Crippen LogP contribution >= 0.6 is 0 Å². The van der Waals surface area contributed by atoms with E-state index in [1.807, 2.05) is 74.9 Å². The van der Waals surface area contributed by atoms with Crippen LogP contribution in [0, 0.1) is 27.7 Å². The Morgan fingerprint density at radius 1 is 1.03 bits per heavy atom. The van der Waals surface area contributed by atoms with Crippen molar-refractivity contribution in [1.29, 1.82) is 0 Å². The van der Waals surface area contributed by atoms with E-state index in [4.69, 9.17) is 0 Å². The molecule has 0 aliphatic rings. The van der Waals surface area contributed by atoms with Crippen LogP contribution in [0.2, 0.25) is 0 Å². The minimum absolute atomic E-state index is 0.822. The summed E-state index contributed by atoms with van der Waals surface area (Å²) in [4.78, 5) is 7.95. The molecule has 0 fully saturated rings. The van der Waals surface area contributed by atoms with Crippen molar-refractivity contribution in [3.8, 4) is 0 Å². The number of imidazole rings is 2. The Labute approximate surface area is 199 Å². The van der Waals surface area contributed by atoms with E-state index in [0.29, 0.717) is 0 Å². The van der Waals surface area contributed by atoms with Gasteiger partial charge in [-0.3, -0.25) is 18.9 Å². The molecule has 0 aliphatic heterocycles. The molecular weight excluding hydrogens is 428 g/mol. The van der Waals surface area contributed by atoms with Crippen molar-refractivity contribution < 1.29 is 13.6 Å². The molecule has 10 heteroatoms. The summed E-state index contributed by atoms with van der Waals surface area (Å²) in [7, 11) is 7.81. The second-order valence-electron chi connectivity index (χ2n) is 8.17. The number of hydrogen-bond acceptors (Lipinski definition) is 3. The number of aryl methyl sites for hydroxylation is 7. The zero-order valence-electron chi connectivity index (χ0n) is 21.2. The first-order chi connectivity index (χ1) is 16.2. The summed E-state index contributed by atoms with van der Waals surface area (Å²) in [5, 5.41) is 8.07. The maximum atomic E-state index is 4.15. The molecular formula is C24H34N10. The average Bonchev–Trinajstić information content (AvgIpc) is 3.62. The van der Waals surface area contributed by atoms with Crippen molar-refractivity contribution in [2.75, 3.05) is 0 Å². The summed E-state index contributed by atoms with van der Waals surface area (Å²) < 4.78 is 11.7. The molecule has 10 nitrogen and oxygen atoms in total. The largest absolute Gasteiger partial charge is 0.394 e. The smallest absolute Gasteiger partial charge is 0.322 e. The maximum absolute atomic E-state index is 4.15. The standard InChI is InChI=1S/C8H10N2.C6H7N3.C6H10N2.C4H7N3/c1-7-8-4-3-5-10(8)6-9(7)2;1-8-5-9-4-2-3-6(9)7-8;1-5-6(2)8(3)4-7-5;1-4-5-3-7(2)6-4/h3-6H,1-2H3;2-5H,1H3;4H,1-3H3;3H,1-2H3. The Kier molecular flexibility index (Phi) is 7.72. The van der Waals surface area contributed by atoms with Crippen LogP contribution in [0.25, 0.3) is 11.2 Å². The van der Waals surface area contributed by atoms with Gasteiger partial charge in [0.15, 0.2) is 0 Å². The second kappa shape index (κ2) is 10.7. The highest BCUT2D eigenvalue weighted by Crippen LogP contribution is 1.99. The summed E-state index contributed by atoms with van der Waals surface area (Å²) >= 11 is 0. The van der Waals surface area contributed by atoms with Gasteiger partial charge in [-0.1, -0.05) is 18.3 Å². The summed E-state index contributed by atoms with van der Waals surface area (Å²) in [6.07, 6.45) is 11.5. The Morgan fingerprint density at radius 2 is 1.79 bits per heavy atom. The lowest BCUT2D eigenvalue weighted by atomic mass is 10.4. The molecule has 0 spiro atoms. The number of rotatable bonds is 0. The molecule has 6 rings (SSSR count). The summed E-state index contributed by atoms with van der Waals surface area (Å²) in [5.41, 5.74) is 5.96. The third-order valence-corrected chi connectivity index (χ3v) is 5.48. The van der Waals surface area contributed by atoms with E-state index in [1.54, 1.807) is 15.7 Å². The van der Waals surface area contributed by atoms with Crippen LogP contribution in [0.3, 0.4) is 0 Å². The number of hydrogen-bond donors (Lipinski definition) is 0. The molecule has 34 heavy (non-hydrogen) atoms. The lowest BCUT2D eigenvalue weighted by molar-refractivity contribution is -0.731. The van der Waals surface area contributed by atoms with Gasteiger partial charge in [-0.05, 0) is 33.3 Å². The molecule has 0 radical (unpaired) electrons. The fourth-order valence-electron chi connectivity index (χ4n) is 3.25. The van der Waals surface area contributed by atoms with Crippen LogP contribution in [0.1, 0.15) is 22.9 Å². The third kappa shape index (κ3) is 6.03. The van der Waals surface area contributed by atoms with Crippen LogP contribution in [0.15, 0.2) is 62.0 Å². The molecule has 0 atom stereocenters. The highest BCUT2D eigenvalue weighted by atomic mass is 15.3. The van der Waals surface area contributed by atoms with Crippen molar-refractivity contribution in [3.63, 3.8) is 0 Å². The van der Waals surface area contributed by atoms with Gasteiger partial charge >= 0.3 is 6.33 Å². The first-order valence-corrected chi connectivity index (χ1v) is 11.0. The van der Waals surface area contributed by atoms with Crippen molar-refractivity contribution in [3.05, 3.63) is 84.9 Å². The van der Waals surface area contributed by atoms with Gasteiger partial charge in [-0.15, -0.1) is 0 Å². The lowest BCUT2D eigenvalue weighted by Gasteiger charge is -1.90. The van der Waals surface area contributed by atoms with Gasteiger partial charge in [0.1, 0.15) is 24.9 Å². The normalized spacial score (nSPS) is 10.4. The van der Waals surface area contributed by atoms with Crippen molar-refractivity contribution >= 4 is 11.2 Å². The highest BCUT2D eigenvalue weighted by Gasteiger charge is 2.04. The van der Waals surface area contributed by atoms with Gasteiger partial charge in [0.2, 0.25) is 0 Å². The van der Waals surface area contributed by atoms with Crippen LogP contribution in [-0.4, -0.2) is 28.7 Å². The van der Waals surface area contributed by atoms with Gasteiger partial charge < -0.3 is 8.97 Å². The molecule has 0 saturated carbocycles. The molecule has 0 bridgehead atoms. The molecule has 6 aromatic rings. The van der Waals surface area contributed by atoms with Crippen LogP contribution in [0.4, 0.5) is 0 Å². The van der Waals surface area contributed by atoms with Gasteiger partial charge in [0.05, 0.1) is 30.9 Å². The Morgan fingerprint density at radius 3 is 2.26 bits per heavy atom. The van der Waals surface area contributed by atoms with Gasteiger partial charge in [0, 0.05) is 26.0 Å². The Bertz CT molecular complexity index is 1380. The van der Waals surface area contributed by atoms with E-state index in [9.17, 15) is 0 Å². The quantitative estimate of drug-likeness (QED) is 0.248. The second-order valence-corrected chi connectivity index (χ2v) is 8.17. The van der Waals surface area contributed by atoms with E-state index in [0.717, 1.165) is 17.2 Å². The third-order valence-electron chi connectivity index (χ3n) is 5.48. The molecule has 6 heterocycles. The molecule has 0 saturated heterocycles. The number of nitrogens with zero attached hydrogens (tertiary/aromatic N) is 10. The lowest BCUT2D eigenvalue weighted by Crippen LogP contribution is -2.30. The molecule has 0 N–H and O–H groups in total. The minimum atomic E-state index is 0.822. The van der Waals surface area contributed by atoms with E-state index >= 15 is 0 Å². The van der Waals surface area contributed by atoms with Crippen LogP contribution < -0.4 is 18.7 Å². The summed E-state index contributed by atoms with van der Waals surface area (Å²) in [5.74, 6) is 0.822. The fraction of sp³-hybridized carbons (Fsp3) is 0.333. The first-order valence-electron chi connectivity index (χ1n) is 11.0. The maximum Gasteiger partial charge on any atom is 0.322 e. The SMILES string of the molecule is C[c-]1[c-]2ccc[n+]2c[n+]1C.C[n+]1cn2cccc2[n-]1.Cc1ncn(C)c1C.Cc1ncn(C)n1. The molecule has 0 aromatic carbocycles. The fourth-order valence-corrected chi connectivity index (χ4v) is 3.25. The number of fused-ring (bicyclic) bond motifs is 2. The van der Waals surface area contributed by atoms with E-state index in [2.05, 4.69) is 74.7 Å². The highest BCUT2D eigenvalue weighted by molar-refractivity contribution is 5.41. The first kappa shape index (κ1) is 24.6. The van der Waals surface area contributed by atoms with Crippen molar-refractivity contribution in [1.82, 2.24) is 33.8 Å². The molecule has 0 amide bonds. The monoisotopic (exact) mass is 462 g/mol.